The van der Waals surface area contributed by atoms with Gasteiger partial charge in [0.15, 0.2) is 0 Å². The summed E-state index contributed by atoms with van der Waals surface area (Å²) >= 11 is 0. The lowest BCUT2D eigenvalue weighted by molar-refractivity contribution is 0.599. The molecule has 0 atom stereocenters. The molecular weight excluding hydrogens is 260 g/mol. The van der Waals surface area contributed by atoms with Gasteiger partial charge in [-0.2, -0.15) is 0 Å². The van der Waals surface area contributed by atoms with E-state index in [-0.39, 0.29) is 9.79 Å². The normalized spacial score (nSPS) is 15.1. The third kappa shape index (κ3) is 1.48. The highest BCUT2D eigenvalue weighted by Gasteiger charge is 2.34. The van der Waals surface area contributed by atoms with E-state index in [4.69, 9.17) is 11.5 Å². The summed E-state index contributed by atoms with van der Waals surface area (Å²) in [6.45, 7) is 3.73. The van der Waals surface area contributed by atoms with Crippen LogP contribution in [0.2, 0.25) is 0 Å². The van der Waals surface area contributed by atoms with Crippen LogP contribution in [0.25, 0.3) is 11.1 Å². The average molecular weight is 274 g/mol. The zero-order valence-electron chi connectivity index (χ0n) is 10.7. The minimum Gasteiger partial charge on any atom is -0.398 e. The molecule has 4 nitrogen and oxygen atoms in total. The number of anilines is 2. The first-order valence-electron chi connectivity index (χ1n) is 5.88. The molecular formula is C14H14N2O2S. The second-order valence-electron chi connectivity index (χ2n) is 4.91. The fraction of sp³-hybridized carbons (Fsp3) is 0.143. The molecule has 2 aromatic rings. The van der Waals surface area contributed by atoms with Gasteiger partial charge in [-0.05, 0) is 49.2 Å². The van der Waals surface area contributed by atoms with Gasteiger partial charge in [0.2, 0.25) is 9.84 Å². The molecule has 3 rings (SSSR count). The van der Waals surface area contributed by atoms with Crippen molar-refractivity contribution in [2.75, 3.05) is 11.5 Å². The number of nitrogens with two attached hydrogens (primary N) is 2. The summed E-state index contributed by atoms with van der Waals surface area (Å²) in [5, 5.41) is 0. The Morgan fingerprint density at radius 1 is 0.789 bits per heavy atom. The number of hydrogen-bond acceptors (Lipinski definition) is 4. The van der Waals surface area contributed by atoms with Crippen LogP contribution < -0.4 is 11.5 Å². The molecule has 0 aliphatic carbocycles. The van der Waals surface area contributed by atoms with Crippen molar-refractivity contribution >= 4 is 21.2 Å². The van der Waals surface area contributed by atoms with E-state index >= 15 is 0 Å². The zero-order chi connectivity index (χ0) is 13.9. The van der Waals surface area contributed by atoms with Crippen molar-refractivity contribution in [3.8, 4) is 11.1 Å². The Morgan fingerprint density at radius 3 is 1.53 bits per heavy atom. The quantitative estimate of drug-likeness (QED) is 0.616. The fourth-order valence-corrected chi connectivity index (χ4v) is 4.11. The van der Waals surface area contributed by atoms with E-state index in [0.717, 1.165) is 11.1 Å². The van der Waals surface area contributed by atoms with E-state index < -0.39 is 9.84 Å². The molecule has 0 aromatic heterocycles. The molecule has 0 radical (unpaired) electrons. The fourth-order valence-electron chi connectivity index (χ4n) is 2.39. The zero-order valence-corrected chi connectivity index (χ0v) is 11.5. The topological polar surface area (TPSA) is 86.2 Å². The van der Waals surface area contributed by atoms with E-state index in [1.54, 1.807) is 0 Å². The van der Waals surface area contributed by atoms with E-state index in [1.807, 2.05) is 26.0 Å². The number of fused-ring (bicyclic) bond motifs is 3. The summed E-state index contributed by atoms with van der Waals surface area (Å²) in [6.07, 6.45) is 0. The van der Waals surface area contributed by atoms with Gasteiger partial charge in [-0.3, -0.25) is 0 Å². The number of nitrogen functional groups attached to an aromatic ring is 2. The summed E-state index contributed by atoms with van der Waals surface area (Å²) in [5.74, 6) is 0. The molecule has 0 saturated carbocycles. The predicted molar refractivity (Wildman–Crippen MR) is 75.6 cm³/mol. The Kier molecular flexibility index (Phi) is 2.23. The summed E-state index contributed by atoms with van der Waals surface area (Å²) in [6, 6.07) is 6.71. The highest BCUT2D eigenvalue weighted by molar-refractivity contribution is 7.92. The molecule has 0 spiro atoms. The van der Waals surface area contributed by atoms with E-state index in [0.29, 0.717) is 22.5 Å². The van der Waals surface area contributed by atoms with Crippen molar-refractivity contribution < 1.29 is 8.42 Å². The van der Waals surface area contributed by atoms with Gasteiger partial charge >= 0.3 is 0 Å². The summed E-state index contributed by atoms with van der Waals surface area (Å²) in [7, 11) is -3.50. The summed E-state index contributed by atoms with van der Waals surface area (Å²) in [5.41, 5.74) is 15.8. The Balaban J connectivity index is 2.48. The molecule has 98 valence electrons. The third-order valence-corrected chi connectivity index (χ3v) is 5.44. The lowest BCUT2D eigenvalue weighted by Crippen LogP contribution is -2.00. The van der Waals surface area contributed by atoms with Gasteiger partial charge in [-0.15, -0.1) is 0 Å². The molecule has 1 heterocycles. The Bertz CT molecular complexity index is 760. The van der Waals surface area contributed by atoms with Crippen LogP contribution in [0.1, 0.15) is 11.1 Å². The monoisotopic (exact) mass is 274 g/mol. The van der Waals surface area contributed by atoms with Crippen LogP contribution in [-0.4, -0.2) is 8.42 Å². The van der Waals surface area contributed by atoms with Crippen LogP contribution in [-0.2, 0) is 9.84 Å². The molecule has 0 saturated heterocycles. The smallest absolute Gasteiger partial charge is 0.207 e. The number of benzene rings is 2. The SMILES string of the molecule is Cc1cc2c(cc1N)S(=O)(=O)c1cc(N)c(C)cc1-2. The molecule has 1 aliphatic rings. The average Bonchev–Trinajstić information content (AvgIpc) is 2.52. The lowest BCUT2D eigenvalue weighted by atomic mass is 10.0. The second kappa shape index (κ2) is 3.51. The van der Waals surface area contributed by atoms with Crippen molar-refractivity contribution in [1.29, 1.82) is 0 Å². The molecule has 19 heavy (non-hydrogen) atoms. The van der Waals surface area contributed by atoms with Gasteiger partial charge in [-0.25, -0.2) is 8.42 Å². The predicted octanol–water partition coefficient (Wildman–Crippen LogP) is 2.28. The molecule has 2 aromatic carbocycles. The van der Waals surface area contributed by atoms with Crippen molar-refractivity contribution in [2.45, 2.75) is 23.6 Å². The van der Waals surface area contributed by atoms with Crippen LogP contribution >= 0.6 is 0 Å². The maximum Gasteiger partial charge on any atom is 0.207 e. The number of hydrogen-bond donors (Lipinski definition) is 2. The second-order valence-corrected chi connectivity index (χ2v) is 6.80. The van der Waals surface area contributed by atoms with Crippen LogP contribution in [0.5, 0.6) is 0 Å². The van der Waals surface area contributed by atoms with Gasteiger partial charge in [0, 0.05) is 22.5 Å². The minimum absolute atomic E-state index is 0.274. The molecule has 0 bridgehead atoms. The standard InChI is InChI=1S/C14H14N2O2S/c1-7-3-9-10-4-8(2)12(16)6-14(10)19(17,18)13(9)5-11(7)15/h3-6H,15-16H2,1-2H3. The maximum absolute atomic E-state index is 12.5. The number of sulfone groups is 1. The minimum atomic E-state index is -3.50. The third-order valence-electron chi connectivity index (χ3n) is 3.61. The molecule has 0 fully saturated rings. The van der Waals surface area contributed by atoms with Gasteiger partial charge in [0.1, 0.15) is 0 Å². The Hall–Kier alpha value is -2.01. The first-order chi connectivity index (χ1) is 8.82. The van der Waals surface area contributed by atoms with Crippen LogP contribution in [0.3, 0.4) is 0 Å². The van der Waals surface area contributed by atoms with Gasteiger partial charge in [0.25, 0.3) is 0 Å². The van der Waals surface area contributed by atoms with E-state index in [1.165, 1.54) is 12.1 Å². The molecule has 1 aliphatic heterocycles. The van der Waals surface area contributed by atoms with Crippen LogP contribution in [0, 0.1) is 13.8 Å². The van der Waals surface area contributed by atoms with Crippen LogP contribution in [0.15, 0.2) is 34.1 Å². The molecule has 4 N–H and O–H groups in total. The number of rotatable bonds is 0. The number of aryl methyl sites for hydroxylation is 2. The maximum atomic E-state index is 12.5. The van der Waals surface area contributed by atoms with E-state index in [2.05, 4.69) is 0 Å². The van der Waals surface area contributed by atoms with Crippen molar-refractivity contribution in [3.05, 3.63) is 35.4 Å². The highest BCUT2D eigenvalue weighted by atomic mass is 32.2. The lowest BCUT2D eigenvalue weighted by Gasteiger charge is -2.05. The Morgan fingerprint density at radius 2 is 1.16 bits per heavy atom. The van der Waals surface area contributed by atoms with Crippen molar-refractivity contribution in [1.82, 2.24) is 0 Å². The largest absolute Gasteiger partial charge is 0.398 e. The molecule has 5 heteroatoms. The molecule has 0 amide bonds. The first kappa shape index (κ1) is 12.0. The Labute approximate surface area is 112 Å². The molecule has 0 unspecified atom stereocenters. The van der Waals surface area contributed by atoms with Gasteiger partial charge in [0.05, 0.1) is 9.79 Å². The van der Waals surface area contributed by atoms with Crippen molar-refractivity contribution in [3.63, 3.8) is 0 Å². The highest BCUT2D eigenvalue weighted by Crippen LogP contribution is 2.46. The summed E-state index contributed by atoms with van der Waals surface area (Å²) < 4.78 is 25.0. The van der Waals surface area contributed by atoms with Crippen molar-refractivity contribution in [2.24, 2.45) is 0 Å². The first-order valence-corrected chi connectivity index (χ1v) is 7.36. The summed E-state index contributed by atoms with van der Waals surface area (Å²) in [4.78, 5) is 0.547. The van der Waals surface area contributed by atoms with Crippen LogP contribution in [0.4, 0.5) is 11.4 Å². The van der Waals surface area contributed by atoms with E-state index in [9.17, 15) is 8.42 Å². The van der Waals surface area contributed by atoms with Gasteiger partial charge in [-0.1, -0.05) is 0 Å². The van der Waals surface area contributed by atoms with Gasteiger partial charge < -0.3 is 11.5 Å².